The first-order chi connectivity index (χ1) is 9.40. The molecule has 2 unspecified atom stereocenters. The van der Waals surface area contributed by atoms with Gasteiger partial charge in [0.1, 0.15) is 6.04 Å². The Bertz CT molecular complexity index is 374. The minimum atomic E-state index is -1.23. The monoisotopic (exact) mass is 287 g/mol. The van der Waals surface area contributed by atoms with Crippen molar-refractivity contribution in [3.63, 3.8) is 0 Å². The summed E-state index contributed by atoms with van der Waals surface area (Å²) in [5.74, 6) is -1.85. The Balaban J connectivity index is 2.44. The average Bonchev–Trinajstić information content (AvgIpc) is 2.36. The van der Waals surface area contributed by atoms with Crippen molar-refractivity contribution in [3.8, 4) is 0 Å². The zero-order valence-corrected chi connectivity index (χ0v) is 11.2. The number of hydrogen-bond donors (Lipinski definition) is 5. The molecule has 1 saturated carbocycles. The van der Waals surface area contributed by atoms with Crippen molar-refractivity contribution in [1.82, 2.24) is 10.6 Å². The third-order valence-corrected chi connectivity index (χ3v) is 3.33. The number of hydrogen-bond acceptors (Lipinski definition) is 4. The van der Waals surface area contributed by atoms with Crippen LogP contribution in [-0.2, 0) is 9.59 Å². The van der Waals surface area contributed by atoms with Crippen LogP contribution in [-0.4, -0.2) is 46.3 Å². The molecule has 8 nitrogen and oxygen atoms in total. The lowest BCUT2D eigenvalue weighted by Gasteiger charge is -2.28. The number of aliphatic hydroxyl groups excluding tert-OH is 1. The standard InChI is InChI=1S/C12H21N3O5/c13-10(17)6-5-8(11(18)19)15-12(20)14-7-3-1-2-4-9(7)16/h7-9,16H,1-6H2,(H2,13,17)(H,18,19)(H2,14,15,20)/t7?,8-,9?/m1/s1. The van der Waals surface area contributed by atoms with Gasteiger partial charge in [0.05, 0.1) is 12.1 Å². The topological polar surface area (TPSA) is 142 Å². The van der Waals surface area contributed by atoms with Crippen LogP contribution in [0.5, 0.6) is 0 Å². The number of carboxylic acid groups (broad SMARTS) is 1. The van der Waals surface area contributed by atoms with E-state index in [0.717, 1.165) is 12.8 Å². The van der Waals surface area contributed by atoms with Crippen molar-refractivity contribution in [2.24, 2.45) is 5.73 Å². The van der Waals surface area contributed by atoms with Gasteiger partial charge in [-0.2, -0.15) is 0 Å². The summed E-state index contributed by atoms with van der Waals surface area (Å²) in [6.45, 7) is 0. The summed E-state index contributed by atoms with van der Waals surface area (Å²) in [4.78, 5) is 33.3. The predicted octanol–water partition coefficient (Wildman–Crippen LogP) is -0.692. The van der Waals surface area contributed by atoms with E-state index in [2.05, 4.69) is 10.6 Å². The summed E-state index contributed by atoms with van der Waals surface area (Å²) in [5, 5.41) is 23.5. The van der Waals surface area contributed by atoms with Crippen molar-refractivity contribution >= 4 is 17.9 Å². The fraction of sp³-hybridized carbons (Fsp3) is 0.750. The van der Waals surface area contributed by atoms with Crippen LogP contribution in [0.15, 0.2) is 0 Å². The number of primary amides is 1. The summed E-state index contributed by atoms with van der Waals surface area (Å²) in [6.07, 6.45) is 2.31. The van der Waals surface area contributed by atoms with Crippen LogP contribution in [0.25, 0.3) is 0 Å². The van der Waals surface area contributed by atoms with E-state index in [4.69, 9.17) is 10.8 Å². The first-order valence-corrected chi connectivity index (χ1v) is 6.66. The van der Waals surface area contributed by atoms with Gasteiger partial charge in [-0.05, 0) is 19.3 Å². The second kappa shape index (κ2) is 7.68. The van der Waals surface area contributed by atoms with Crippen molar-refractivity contribution in [1.29, 1.82) is 0 Å². The van der Waals surface area contributed by atoms with E-state index in [1.807, 2.05) is 0 Å². The quantitative estimate of drug-likeness (QED) is 0.439. The van der Waals surface area contributed by atoms with E-state index in [1.165, 1.54) is 0 Å². The summed E-state index contributed by atoms with van der Waals surface area (Å²) in [5.41, 5.74) is 4.95. The molecule has 20 heavy (non-hydrogen) atoms. The number of nitrogens with one attached hydrogen (secondary N) is 2. The van der Waals surface area contributed by atoms with E-state index >= 15 is 0 Å². The van der Waals surface area contributed by atoms with Crippen molar-refractivity contribution in [2.75, 3.05) is 0 Å². The van der Waals surface area contributed by atoms with Crippen LogP contribution in [0.2, 0.25) is 0 Å². The highest BCUT2D eigenvalue weighted by Crippen LogP contribution is 2.18. The Hall–Kier alpha value is -1.83. The van der Waals surface area contributed by atoms with E-state index < -0.39 is 30.1 Å². The lowest BCUT2D eigenvalue weighted by molar-refractivity contribution is -0.139. The Kier molecular flexibility index (Phi) is 6.23. The van der Waals surface area contributed by atoms with Crippen LogP contribution in [0.3, 0.4) is 0 Å². The van der Waals surface area contributed by atoms with Crippen molar-refractivity contribution in [3.05, 3.63) is 0 Å². The molecule has 0 aromatic heterocycles. The van der Waals surface area contributed by atoms with Crippen molar-refractivity contribution in [2.45, 2.75) is 56.7 Å². The van der Waals surface area contributed by atoms with E-state index in [1.54, 1.807) is 0 Å². The van der Waals surface area contributed by atoms with Gasteiger partial charge in [-0.25, -0.2) is 9.59 Å². The third-order valence-electron chi connectivity index (χ3n) is 3.33. The van der Waals surface area contributed by atoms with Gasteiger partial charge in [-0.15, -0.1) is 0 Å². The van der Waals surface area contributed by atoms with Crippen LogP contribution in [0.4, 0.5) is 4.79 Å². The molecule has 1 aliphatic carbocycles. The second-order valence-corrected chi connectivity index (χ2v) is 4.97. The summed E-state index contributed by atoms with van der Waals surface area (Å²) in [6, 6.07) is -2.20. The number of amides is 3. The van der Waals surface area contributed by atoms with Crippen LogP contribution < -0.4 is 16.4 Å². The van der Waals surface area contributed by atoms with Crippen molar-refractivity contribution < 1.29 is 24.6 Å². The molecule has 1 rings (SSSR count). The first kappa shape index (κ1) is 16.2. The molecule has 0 spiro atoms. The Morgan fingerprint density at radius 3 is 2.45 bits per heavy atom. The van der Waals surface area contributed by atoms with Gasteiger partial charge in [0.25, 0.3) is 0 Å². The summed E-state index contributed by atoms with van der Waals surface area (Å²) >= 11 is 0. The fourth-order valence-corrected chi connectivity index (χ4v) is 2.19. The van der Waals surface area contributed by atoms with Gasteiger partial charge in [0, 0.05) is 6.42 Å². The molecule has 3 amide bonds. The second-order valence-electron chi connectivity index (χ2n) is 4.97. The molecular weight excluding hydrogens is 266 g/mol. The Morgan fingerprint density at radius 2 is 1.90 bits per heavy atom. The minimum absolute atomic E-state index is 0.0642. The molecular formula is C12H21N3O5. The van der Waals surface area contributed by atoms with Gasteiger partial charge in [0.15, 0.2) is 0 Å². The third kappa shape index (κ3) is 5.43. The lowest BCUT2D eigenvalue weighted by Crippen LogP contribution is -2.52. The lowest BCUT2D eigenvalue weighted by atomic mass is 9.93. The smallest absolute Gasteiger partial charge is 0.326 e. The maximum atomic E-state index is 11.7. The molecule has 0 saturated heterocycles. The first-order valence-electron chi connectivity index (χ1n) is 6.66. The normalized spacial score (nSPS) is 23.6. The summed E-state index contributed by atoms with van der Waals surface area (Å²) < 4.78 is 0. The van der Waals surface area contributed by atoms with Gasteiger partial charge >= 0.3 is 12.0 Å². The molecule has 8 heteroatoms. The van der Waals surface area contributed by atoms with Crippen LogP contribution in [0, 0.1) is 0 Å². The molecule has 6 N–H and O–H groups in total. The molecule has 0 aromatic carbocycles. The zero-order chi connectivity index (χ0) is 15.1. The van der Waals surface area contributed by atoms with Crippen LogP contribution in [0.1, 0.15) is 38.5 Å². The van der Waals surface area contributed by atoms with Gasteiger partial charge in [-0.1, -0.05) is 12.8 Å². The summed E-state index contributed by atoms with van der Waals surface area (Å²) in [7, 11) is 0. The largest absolute Gasteiger partial charge is 0.480 e. The number of aliphatic carboxylic acids is 1. The number of urea groups is 1. The Labute approximate surface area is 116 Å². The molecule has 0 heterocycles. The zero-order valence-electron chi connectivity index (χ0n) is 11.2. The predicted molar refractivity (Wildman–Crippen MR) is 69.8 cm³/mol. The highest BCUT2D eigenvalue weighted by Gasteiger charge is 2.26. The number of aliphatic hydroxyl groups is 1. The fourth-order valence-electron chi connectivity index (χ4n) is 2.19. The van der Waals surface area contributed by atoms with Gasteiger partial charge in [0.2, 0.25) is 5.91 Å². The maximum absolute atomic E-state index is 11.7. The molecule has 0 aromatic rings. The molecule has 1 fully saturated rings. The highest BCUT2D eigenvalue weighted by atomic mass is 16.4. The molecule has 0 aliphatic heterocycles. The number of rotatable bonds is 6. The van der Waals surface area contributed by atoms with Gasteiger partial charge in [-0.3, -0.25) is 4.79 Å². The minimum Gasteiger partial charge on any atom is -0.480 e. The highest BCUT2D eigenvalue weighted by molar-refractivity contribution is 5.83. The SMILES string of the molecule is NC(=O)CC[C@@H](NC(=O)NC1CCCCC1O)C(=O)O. The molecule has 3 atom stereocenters. The Morgan fingerprint density at radius 1 is 1.25 bits per heavy atom. The van der Waals surface area contributed by atoms with E-state index in [0.29, 0.717) is 12.8 Å². The number of carbonyl (C=O) groups is 3. The molecule has 0 radical (unpaired) electrons. The average molecular weight is 287 g/mol. The van der Waals surface area contributed by atoms with E-state index in [-0.39, 0.29) is 18.9 Å². The molecule has 1 aliphatic rings. The number of nitrogens with two attached hydrogens (primary N) is 1. The molecule has 114 valence electrons. The maximum Gasteiger partial charge on any atom is 0.326 e. The number of carbonyl (C=O) groups excluding carboxylic acids is 2. The van der Waals surface area contributed by atoms with Crippen LogP contribution >= 0.6 is 0 Å². The van der Waals surface area contributed by atoms with E-state index in [9.17, 15) is 19.5 Å². The molecule has 0 bridgehead atoms. The van der Waals surface area contributed by atoms with Gasteiger partial charge < -0.3 is 26.6 Å². The number of carboxylic acids is 1.